The molecule has 4 aliphatic rings. The van der Waals surface area contributed by atoms with Crippen molar-refractivity contribution in [1.82, 2.24) is 35.1 Å². The number of aromatic amines is 1. The molecule has 2 saturated heterocycles. The number of hydrogen-bond acceptors (Lipinski definition) is 11. The highest BCUT2D eigenvalue weighted by Crippen LogP contribution is 2.49. The standard InChI is InChI=1S/C23H27N11O2/c35-20(26-19-12-24-3-4-25-19)17-10-14-9-16(14)34(17)23-29-21(27-18-11-15(31-32-18)13-1-2-13)28-22(30-23)33-5-7-36-8-6-33/h3-4,11-14,16-17H,1-2,5-10H2,(H,25,26,35)(H2,27,28,29,30,31,32). The molecule has 3 atom stereocenters. The number of amides is 1. The van der Waals surface area contributed by atoms with E-state index >= 15 is 0 Å². The number of carbonyl (C=O) groups is 1. The number of aromatic nitrogens is 7. The number of fused-ring (bicyclic) bond motifs is 1. The fourth-order valence-electron chi connectivity index (χ4n) is 5.09. The number of piperidine rings is 1. The van der Waals surface area contributed by atoms with Crippen molar-refractivity contribution in [2.75, 3.05) is 46.7 Å². The zero-order valence-electron chi connectivity index (χ0n) is 19.7. The van der Waals surface area contributed by atoms with E-state index in [1.165, 1.54) is 12.8 Å². The molecule has 7 rings (SSSR count). The number of H-pyrrole nitrogens is 1. The quantitative estimate of drug-likeness (QED) is 0.442. The van der Waals surface area contributed by atoms with Gasteiger partial charge in [-0.05, 0) is 31.6 Å². The van der Waals surface area contributed by atoms with Crippen LogP contribution in [0.4, 0.5) is 29.5 Å². The third-order valence-corrected chi connectivity index (χ3v) is 7.20. The van der Waals surface area contributed by atoms with Crippen molar-refractivity contribution in [3.8, 4) is 0 Å². The van der Waals surface area contributed by atoms with Crippen molar-refractivity contribution in [3.63, 3.8) is 0 Å². The van der Waals surface area contributed by atoms with E-state index in [-0.39, 0.29) is 11.9 Å². The van der Waals surface area contributed by atoms with Crippen LogP contribution in [0.3, 0.4) is 0 Å². The van der Waals surface area contributed by atoms with Gasteiger partial charge in [-0.2, -0.15) is 20.1 Å². The minimum atomic E-state index is -0.392. The second-order valence-electron chi connectivity index (χ2n) is 9.77. The van der Waals surface area contributed by atoms with Crippen molar-refractivity contribution in [3.05, 3.63) is 30.4 Å². The summed E-state index contributed by atoms with van der Waals surface area (Å²) in [5.74, 6) is 3.53. The van der Waals surface area contributed by atoms with E-state index in [4.69, 9.17) is 19.7 Å². The number of rotatable bonds is 7. The zero-order chi connectivity index (χ0) is 24.1. The van der Waals surface area contributed by atoms with Crippen LogP contribution in [0.2, 0.25) is 0 Å². The van der Waals surface area contributed by atoms with Gasteiger partial charge in [0, 0.05) is 43.5 Å². The molecule has 5 heterocycles. The molecule has 2 aliphatic heterocycles. The molecule has 0 spiro atoms. The summed E-state index contributed by atoms with van der Waals surface area (Å²) >= 11 is 0. The first-order valence-electron chi connectivity index (χ1n) is 12.5. The Labute approximate surface area is 207 Å². The highest BCUT2D eigenvalue weighted by molar-refractivity contribution is 5.96. The molecule has 13 heteroatoms. The summed E-state index contributed by atoms with van der Waals surface area (Å²) in [6.07, 6.45) is 8.81. The average molecular weight is 490 g/mol. The lowest BCUT2D eigenvalue weighted by Gasteiger charge is -2.30. The van der Waals surface area contributed by atoms with Crippen LogP contribution in [0.15, 0.2) is 24.7 Å². The molecule has 186 valence electrons. The van der Waals surface area contributed by atoms with Crippen LogP contribution in [-0.4, -0.2) is 79.4 Å². The monoisotopic (exact) mass is 489 g/mol. The number of morpholine rings is 1. The highest BCUT2D eigenvalue weighted by Gasteiger charge is 2.55. The van der Waals surface area contributed by atoms with Gasteiger partial charge in [0.05, 0.1) is 25.1 Å². The minimum absolute atomic E-state index is 0.131. The Bertz CT molecular complexity index is 1260. The molecule has 0 aromatic carbocycles. The van der Waals surface area contributed by atoms with Crippen LogP contribution < -0.4 is 20.4 Å². The van der Waals surface area contributed by atoms with Crippen LogP contribution in [-0.2, 0) is 9.53 Å². The molecule has 36 heavy (non-hydrogen) atoms. The summed E-state index contributed by atoms with van der Waals surface area (Å²) < 4.78 is 5.52. The maximum atomic E-state index is 13.3. The molecule has 1 amide bonds. The predicted molar refractivity (Wildman–Crippen MR) is 130 cm³/mol. The number of ether oxygens (including phenoxy) is 1. The van der Waals surface area contributed by atoms with E-state index in [2.05, 4.69) is 40.6 Å². The Kier molecular flexibility index (Phi) is 5.15. The summed E-state index contributed by atoms with van der Waals surface area (Å²) in [7, 11) is 0. The summed E-state index contributed by atoms with van der Waals surface area (Å²) in [5, 5.41) is 13.6. The first kappa shape index (κ1) is 21.4. The average Bonchev–Trinajstić information content (AvgIpc) is 3.83. The first-order chi connectivity index (χ1) is 17.7. The Morgan fingerprint density at radius 3 is 2.75 bits per heavy atom. The van der Waals surface area contributed by atoms with Gasteiger partial charge in [0.1, 0.15) is 11.9 Å². The summed E-state index contributed by atoms with van der Waals surface area (Å²) in [6, 6.07) is 1.86. The molecule has 3 unspecified atom stereocenters. The number of nitrogens with zero attached hydrogens (tertiary/aromatic N) is 8. The van der Waals surface area contributed by atoms with Gasteiger partial charge in [-0.25, -0.2) is 4.98 Å². The Morgan fingerprint density at radius 1 is 1.08 bits per heavy atom. The lowest BCUT2D eigenvalue weighted by Crippen LogP contribution is -2.44. The lowest BCUT2D eigenvalue weighted by atomic mass is 10.1. The maximum Gasteiger partial charge on any atom is 0.248 e. The topological polar surface area (TPSA) is 150 Å². The van der Waals surface area contributed by atoms with Gasteiger partial charge >= 0.3 is 0 Å². The van der Waals surface area contributed by atoms with E-state index < -0.39 is 6.04 Å². The summed E-state index contributed by atoms with van der Waals surface area (Å²) in [4.78, 5) is 39.9. The molecular weight excluding hydrogens is 462 g/mol. The van der Waals surface area contributed by atoms with Crippen molar-refractivity contribution in [2.45, 2.75) is 43.7 Å². The van der Waals surface area contributed by atoms with Gasteiger partial charge in [-0.1, -0.05) is 0 Å². The van der Waals surface area contributed by atoms with Gasteiger partial charge in [0.2, 0.25) is 23.8 Å². The molecule has 3 aromatic rings. The van der Waals surface area contributed by atoms with Gasteiger partial charge in [-0.3, -0.25) is 14.9 Å². The molecule has 3 aromatic heterocycles. The fraction of sp³-hybridized carbons (Fsp3) is 0.522. The molecular formula is C23H27N11O2. The largest absolute Gasteiger partial charge is 0.378 e. The van der Waals surface area contributed by atoms with E-state index in [1.54, 1.807) is 18.6 Å². The van der Waals surface area contributed by atoms with Gasteiger partial charge in [-0.15, -0.1) is 0 Å². The number of carbonyl (C=O) groups excluding carboxylic acids is 1. The Morgan fingerprint density at radius 2 is 1.94 bits per heavy atom. The van der Waals surface area contributed by atoms with E-state index in [9.17, 15) is 4.79 Å². The van der Waals surface area contributed by atoms with E-state index in [0.29, 0.717) is 61.8 Å². The zero-order valence-corrected chi connectivity index (χ0v) is 19.7. The van der Waals surface area contributed by atoms with Crippen LogP contribution in [0.5, 0.6) is 0 Å². The smallest absolute Gasteiger partial charge is 0.248 e. The van der Waals surface area contributed by atoms with Crippen LogP contribution in [0.25, 0.3) is 0 Å². The second-order valence-corrected chi connectivity index (χ2v) is 9.77. The molecule has 13 nitrogen and oxygen atoms in total. The van der Waals surface area contributed by atoms with Crippen molar-refractivity contribution >= 4 is 35.4 Å². The third-order valence-electron chi connectivity index (χ3n) is 7.20. The van der Waals surface area contributed by atoms with Crippen molar-refractivity contribution in [2.24, 2.45) is 5.92 Å². The maximum absolute atomic E-state index is 13.3. The second kappa shape index (κ2) is 8.66. The Hall–Kier alpha value is -3.87. The predicted octanol–water partition coefficient (Wildman–Crippen LogP) is 1.45. The highest BCUT2D eigenvalue weighted by atomic mass is 16.5. The lowest BCUT2D eigenvalue weighted by molar-refractivity contribution is -0.117. The SMILES string of the molecule is O=C(Nc1cnccn1)C1CC2CC2N1c1nc(Nc2cc(C3CC3)n[nH]2)nc(N2CCOCC2)n1. The van der Waals surface area contributed by atoms with Crippen molar-refractivity contribution in [1.29, 1.82) is 0 Å². The molecule has 2 saturated carbocycles. The summed E-state index contributed by atoms with van der Waals surface area (Å²) in [6.45, 7) is 2.63. The molecule has 3 N–H and O–H groups in total. The number of anilines is 5. The first-order valence-corrected chi connectivity index (χ1v) is 12.5. The Balaban J connectivity index is 1.19. The molecule has 2 aliphatic carbocycles. The van der Waals surface area contributed by atoms with E-state index in [0.717, 1.165) is 24.4 Å². The fourth-order valence-corrected chi connectivity index (χ4v) is 5.09. The third kappa shape index (κ3) is 4.19. The van der Waals surface area contributed by atoms with Crippen LogP contribution >= 0.6 is 0 Å². The van der Waals surface area contributed by atoms with Gasteiger partial charge in [0.15, 0.2) is 5.82 Å². The number of hydrogen-bond donors (Lipinski definition) is 3. The molecule has 4 fully saturated rings. The minimum Gasteiger partial charge on any atom is -0.378 e. The van der Waals surface area contributed by atoms with Gasteiger partial charge in [0.25, 0.3) is 0 Å². The molecule has 0 bridgehead atoms. The number of nitrogens with one attached hydrogen (secondary N) is 3. The normalized spacial score (nSPS) is 24.9. The van der Waals surface area contributed by atoms with E-state index in [1.807, 2.05) is 6.07 Å². The van der Waals surface area contributed by atoms with Crippen LogP contribution in [0.1, 0.15) is 37.3 Å². The molecule has 0 radical (unpaired) electrons. The van der Waals surface area contributed by atoms with Gasteiger partial charge < -0.3 is 25.2 Å². The van der Waals surface area contributed by atoms with Crippen molar-refractivity contribution < 1.29 is 9.53 Å². The summed E-state index contributed by atoms with van der Waals surface area (Å²) in [5.41, 5.74) is 1.06. The van der Waals surface area contributed by atoms with Crippen LogP contribution in [0, 0.1) is 5.92 Å².